The second-order valence-corrected chi connectivity index (χ2v) is 4.28. The predicted molar refractivity (Wildman–Crippen MR) is 73.9 cm³/mol. The van der Waals surface area contributed by atoms with Crippen molar-refractivity contribution >= 4 is 5.96 Å². The third kappa shape index (κ3) is 5.66. The summed E-state index contributed by atoms with van der Waals surface area (Å²) in [5.41, 5.74) is 6.27. The normalized spacial score (nSPS) is 11.6. The van der Waals surface area contributed by atoms with Crippen molar-refractivity contribution in [2.24, 2.45) is 10.7 Å². The lowest BCUT2D eigenvalue weighted by Crippen LogP contribution is -2.32. The number of unbranched alkanes of at least 4 members (excludes halogenated alkanes) is 3. The lowest BCUT2D eigenvalue weighted by Gasteiger charge is -2.05. The summed E-state index contributed by atoms with van der Waals surface area (Å²) in [5.74, 6) is 0.145. The summed E-state index contributed by atoms with van der Waals surface area (Å²) in [5, 5.41) is 3.04. The number of hydrogen-bond donors (Lipinski definition) is 2. The maximum absolute atomic E-state index is 13.3. The number of rotatable bonds is 7. The van der Waals surface area contributed by atoms with Crippen molar-refractivity contribution in [1.29, 1.82) is 0 Å². The molecule has 1 aromatic rings. The average Bonchev–Trinajstić information content (AvgIpc) is 2.37. The van der Waals surface area contributed by atoms with E-state index >= 15 is 0 Å². The first-order valence-electron chi connectivity index (χ1n) is 6.51. The molecule has 0 unspecified atom stereocenters. The molecule has 3 nitrogen and oxygen atoms in total. The number of nitrogens with zero attached hydrogens (tertiary/aromatic N) is 1. The van der Waals surface area contributed by atoms with Gasteiger partial charge in [0.25, 0.3) is 0 Å². The van der Waals surface area contributed by atoms with Crippen LogP contribution in [0, 0.1) is 5.82 Å². The van der Waals surface area contributed by atoms with E-state index in [9.17, 15) is 4.39 Å². The molecule has 0 saturated heterocycles. The van der Waals surface area contributed by atoms with Crippen molar-refractivity contribution < 1.29 is 4.39 Å². The molecule has 0 spiro atoms. The number of nitrogens with one attached hydrogen (secondary N) is 1. The van der Waals surface area contributed by atoms with E-state index in [1.807, 2.05) is 0 Å². The molecule has 0 atom stereocenters. The van der Waals surface area contributed by atoms with E-state index in [1.54, 1.807) is 18.2 Å². The van der Waals surface area contributed by atoms with Gasteiger partial charge in [0.05, 0.1) is 6.54 Å². The third-order valence-electron chi connectivity index (χ3n) is 2.71. The second kappa shape index (κ2) is 8.50. The molecule has 0 aliphatic carbocycles. The molecule has 18 heavy (non-hydrogen) atoms. The molecule has 0 saturated carbocycles. The summed E-state index contributed by atoms with van der Waals surface area (Å²) in [6, 6.07) is 6.60. The molecule has 0 fully saturated rings. The van der Waals surface area contributed by atoms with Crippen LogP contribution >= 0.6 is 0 Å². The van der Waals surface area contributed by atoms with Gasteiger partial charge in [0, 0.05) is 12.1 Å². The van der Waals surface area contributed by atoms with E-state index in [-0.39, 0.29) is 12.4 Å². The Morgan fingerprint density at radius 1 is 1.28 bits per heavy atom. The lowest BCUT2D eigenvalue weighted by atomic mass is 10.2. The molecule has 0 heterocycles. The summed E-state index contributed by atoms with van der Waals surface area (Å²) in [4.78, 5) is 4.12. The second-order valence-electron chi connectivity index (χ2n) is 4.28. The van der Waals surface area contributed by atoms with Crippen molar-refractivity contribution in [3.8, 4) is 0 Å². The minimum Gasteiger partial charge on any atom is -0.370 e. The fourth-order valence-corrected chi connectivity index (χ4v) is 1.62. The Bertz CT molecular complexity index is 377. The zero-order valence-corrected chi connectivity index (χ0v) is 11.0. The van der Waals surface area contributed by atoms with Gasteiger partial charge in [-0.25, -0.2) is 9.38 Å². The van der Waals surface area contributed by atoms with Crippen LogP contribution in [0.3, 0.4) is 0 Å². The maximum Gasteiger partial charge on any atom is 0.188 e. The molecule has 3 N–H and O–H groups in total. The first-order valence-corrected chi connectivity index (χ1v) is 6.51. The van der Waals surface area contributed by atoms with Crippen LogP contribution in [0.1, 0.15) is 38.2 Å². The molecule has 0 aliphatic rings. The quantitative estimate of drug-likeness (QED) is 0.445. The van der Waals surface area contributed by atoms with Crippen LogP contribution in [-0.4, -0.2) is 12.5 Å². The van der Waals surface area contributed by atoms with E-state index < -0.39 is 0 Å². The summed E-state index contributed by atoms with van der Waals surface area (Å²) in [7, 11) is 0. The predicted octanol–water partition coefficient (Wildman–Crippen LogP) is 2.81. The summed E-state index contributed by atoms with van der Waals surface area (Å²) >= 11 is 0. The fraction of sp³-hybridized carbons (Fsp3) is 0.500. The van der Waals surface area contributed by atoms with Gasteiger partial charge in [-0.2, -0.15) is 0 Å². The van der Waals surface area contributed by atoms with E-state index in [0.717, 1.165) is 13.0 Å². The van der Waals surface area contributed by atoms with Gasteiger partial charge >= 0.3 is 0 Å². The van der Waals surface area contributed by atoms with E-state index in [0.29, 0.717) is 11.5 Å². The van der Waals surface area contributed by atoms with Crippen LogP contribution in [0.25, 0.3) is 0 Å². The number of aliphatic imine (C=N–C) groups is 1. The molecule has 0 aliphatic heterocycles. The number of nitrogens with two attached hydrogens (primary N) is 1. The van der Waals surface area contributed by atoms with Crippen LogP contribution in [0.5, 0.6) is 0 Å². The molecule has 1 aromatic carbocycles. The van der Waals surface area contributed by atoms with Gasteiger partial charge in [0.1, 0.15) is 5.82 Å². The van der Waals surface area contributed by atoms with Crippen LogP contribution in [0.4, 0.5) is 4.39 Å². The maximum atomic E-state index is 13.3. The zero-order chi connectivity index (χ0) is 13.2. The Morgan fingerprint density at radius 2 is 2.06 bits per heavy atom. The molecular weight excluding hydrogens is 229 g/mol. The Hall–Kier alpha value is -1.58. The van der Waals surface area contributed by atoms with Crippen molar-refractivity contribution in [1.82, 2.24) is 5.32 Å². The highest BCUT2D eigenvalue weighted by atomic mass is 19.1. The van der Waals surface area contributed by atoms with Gasteiger partial charge in [-0.05, 0) is 12.5 Å². The molecule has 1 rings (SSSR count). The highest BCUT2D eigenvalue weighted by Crippen LogP contribution is 2.07. The summed E-state index contributed by atoms with van der Waals surface area (Å²) in [6.07, 6.45) is 4.75. The Balaban J connectivity index is 2.27. The minimum absolute atomic E-state index is 0.239. The molecule has 0 aromatic heterocycles. The van der Waals surface area contributed by atoms with Gasteiger partial charge in [-0.3, -0.25) is 0 Å². The number of halogens is 1. The molecule has 0 amide bonds. The lowest BCUT2D eigenvalue weighted by molar-refractivity contribution is 0.610. The standard InChI is InChI=1S/C14H22FN3/c1-2-3-4-7-10-17-14(16)18-11-12-8-5-6-9-13(12)15/h5-6,8-9H,2-4,7,10-11H2,1H3,(H3,16,17,18). The highest BCUT2D eigenvalue weighted by Gasteiger charge is 1.99. The molecule has 0 radical (unpaired) electrons. The molecule has 4 heteroatoms. The van der Waals surface area contributed by atoms with Gasteiger partial charge < -0.3 is 11.1 Å². The van der Waals surface area contributed by atoms with E-state index in [1.165, 1.54) is 25.3 Å². The average molecular weight is 251 g/mol. The van der Waals surface area contributed by atoms with Crippen LogP contribution in [0.2, 0.25) is 0 Å². The first kappa shape index (κ1) is 14.5. The Morgan fingerprint density at radius 3 is 2.78 bits per heavy atom. The van der Waals surface area contributed by atoms with Crippen molar-refractivity contribution in [2.75, 3.05) is 6.54 Å². The number of benzene rings is 1. The topological polar surface area (TPSA) is 50.4 Å². The number of guanidine groups is 1. The van der Waals surface area contributed by atoms with Gasteiger partial charge in [-0.1, -0.05) is 44.4 Å². The summed E-state index contributed by atoms with van der Waals surface area (Å²) < 4.78 is 13.3. The zero-order valence-electron chi connectivity index (χ0n) is 11.0. The smallest absolute Gasteiger partial charge is 0.188 e. The van der Waals surface area contributed by atoms with Gasteiger partial charge in [0.2, 0.25) is 0 Å². The van der Waals surface area contributed by atoms with Gasteiger partial charge in [-0.15, -0.1) is 0 Å². The highest BCUT2D eigenvalue weighted by molar-refractivity contribution is 5.77. The van der Waals surface area contributed by atoms with Gasteiger partial charge in [0.15, 0.2) is 5.96 Å². The summed E-state index contributed by atoms with van der Waals surface area (Å²) in [6.45, 7) is 3.28. The monoisotopic (exact) mass is 251 g/mol. The van der Waals surface area contributed by atoms with Crippen molar-refractivity contribution in [2.45, 2.75) is 39.2 Å². The SMILES string of the molecule is CCCCCCNC(N)=NCc1ccccc1F. The van der Waals surface area contributed by atoms with E-state index in [4.69, 9.17) is 5.73 Å². The van der Waals surface area contributed by atoms with E-state index in [2.05, 4.69) is 17.2 Å². The van der Waals surface area contributed by atoms with Crippen LogP contribution in [0.15, 0.2) is 29.3 Å². The Labute approximate surface area is 108 Å². The molecule has 0 bridgehead atoms. The fourth-order valence-electron chi connectivity index (χ4n) is 1.62. The molecule has 100 valence electrons. The minimum atomic E-state index is -0.239. The molecular formula is C14H22FN3. The van der Waals surface area contributed by atoms with Crippen molar-refractivity contribution in [3.63, 3.8) is 0 Å². The first-order chi connectivity index (χ1) is 8.74. The largest absolute Gasteiger partial charge is 0.370 e. The van der Waals surface area contributed by atoms with Crippen LogP contribution < -0.4 is 11.1 Å². The number of hydrogen-bond acceptors (Lipinski definition) is 1. The third-order valence-corrected chi connectivity index (χ3v) is 2.71. The Kier molecular flexibility index (Phi) is 6.84. The van der Waals surface area contributed by atoms with Crippen molar-refractivity contribution in [3.05, 3.63) is 35.6 Å². The van der Waals surface area contributed by atoms with Crippen LogP contribution in [-0.2, 0) is 6.54 Å².